The molecule has 0 amide bonds. The van der Waals surface area contributed by atoms with Crippen molar-refractivity contribution in [3.8, 4) is 0 Å². The van der Waals surface area contributed by atoms with Gasteiger partial charge < -0.3 is 4.90 Å². The predicted octanol–water partition coefficient (Wildman–Crippen LogP) is 3.43. The van der Waals surface area contributed by atoms with Crippen LogP contribution < -0.4 is 4.90 Å². The Morgan fingerprint density at radius 1 is 1.47 bits per heavy atom. The number of aromatic nitrogens is 1. The van der Waals surface area contributed by atoms with E-state index in [1.807, 2.05) is 24.1 Å². The SMILES string of the molecule is CN(Cc1ccsc1)c1ncccc1Cl. The molecule has 2 aromatic heterocycles. The highest BCUT2D eigenvalue weighted by molar-refractivity contribution is 7.07. The fourth-order valence-electron chi connectivity index (χ4n) is 1.39. The summed E-state index contributed by atoms with van der Waals surface area (Å²) in [6.45, 7) is 0.834. The van der Waals surface area contributed by atoms with Crippen LogP contribution in [-0.4, -0.2) is 12.0 Å². The van der Waals surface area contributed by atoms with Crippen molar-refractivity contribution in [2.24, 2.45) is 0 Å². The topological polar surface area (TPSA) is 16.1 Å². The molecule has 2 aromatic rings. The van der Waals surface area contributed by atoms with Gasteiger partial charge in [-0.1, -0.05) is 11.6 Å². The van der Waals surface area contributed by atoms with Crippen LogP contribution in [0.1, 0.15) is 5.56 Å². The van der Waals surface area contributed by atoms with E-state index in [9.17, 15) is 0 Å². The monoisotopic (exact) mass is 238 g/mol. The number of anilines is 1. The molecule has 2 rings (SSSR count). The number of pyridine rings is 1. The van der Waals surface area contributed by atoms with Crippen LogP contribution in [0.25, 0.3) is 0 Å². The van der Waals surface area contributed by atoms with Crippen LogP contribution in [0, 0.1) is 0 Å². The Morgan fingerprint density at radius 2 is 2.33 bits per heavy atom. The van der Waals surface area contributed by atoms with E-state index >= 15 is 0 Å². The largest absolute Gasteiger partial charge is 0.354 e. The van der Waals surface area contributed by atoms with Crippen molar-refractivity contribution in [1.29, 1.82) is 0 Å². The fraction of sp³-hybridized carbons (Fsp3) is 0.182. The van der Waals surface area contributed by atoms with E-state index in [-0.39, 0.29) is 0 Å². The van der Waals surface area contributed by atoms with Crippen molar-refractivity contribution in [3.05, 3.63) is 45.7 Å². The summed E-state index contributed by atoms with van der Waals surface area (Å²) in [5.41, 5.74) is 1.28. The molecule has 2 nitrogen and oxygen atoms in total. The fourth-order valence-corrected chi connectivity index (χ4v) is 2.32. The quantitative estimate of drug-likeness (QED) is 0.815. The zero-order valence-electron chi connectivity index (χ0n) is 8.35. The maximum atomic E-state index is 6.06. The molecule has 0 fully saturated rings. The second-order valence-corrected chi connectivity index (χ2v) is 4.48. The molecule has 0 aliphatic rings. The van der Waals surface area contributed by atoms with Gasteiger partial charge in [-0.2, -0.15) is 11.3 Å². The van der Waals surface area contributed by atoms with Crippen molar-refractivity contribution < 1.29 is 0 Å². The zero-order chi connectivity index (χ0) is 10.7. The van der Waals surface area contributed by atoms with Crippen molar-refractivity contribution in [2.45, 2.75) is 6.54 Å². The standard InChI is InChI=1S/C11H11ClN2S/c1-14(7-9-4-6-15-8-9)11-10(12)3-2-5-13-11/h2-6,8H,7H2,1H3. The lowest BCUT2D eigenvalue weighted by molar-refractivity contribution is 0.902. The third-order valence-electron chi connectivity index (χ3n) is 2.10. The van der Waals surface area contributed by atoms with Gasteiger partial charge in [-0.25, -0.2) is 4.98 Å². The van der Waals surface area contributed by atoms with Gasteiger partial charge >= 0.3 is 0 Å². The average Bonchev–Trinajstić information content (AvgIpc) is 2.71. The number of hydrogen-bond acceptors (Lipinski definition) is 3. The number of nitrogens with zero attached hydrogens (tertiary/aromatic N) is 2. The van der Waals surface area contributed by atoms with Crippen molar-refractivity contribution >= 4 is 28.8 Å². The first-order valence-electron chi connectivity index (χ1n) is 4.60. The van der Waals surface area contributed by atoms with Gasteiger partial charge in [-0.3, -0.25) is 0 Å². The summed E-state index contributed by atoms with van der Waals surface area (Å²) < 4.78 is 0. The molecule has 0 saturated carbocycles. The van der Waals surface area contributed by atoms with Crippen molar-refractivity contribution in [1.82, 2.24) is 4.98 Å². The second kappa shape index (κ2) is 4.64. The molecular weight excluding hydrogens is 228 g/mol. The van der Waals surface area contributed by atoms with Gasteiger partial charge in [0, 0.05) is 19.8 Å². The normalized spacial score (nSPS) is 10.3. The van der Waals surface area contributed by atoms with Crippen LogP contribution in [0.2, 0.25) is 5.02 Å². The highest BCUT2D eigenvalue weighted by Gasteiger charge is 2.07. The first-order chi connectivity index (χ1) is 7.27. The first kappa shape index (κ1) is 10.5. The molecule has 0 unspecified atom stereocenters. The summed E-state index contributed by atoms with van der Waals surface area (Å²) in [7, 11) is 1.99. The number of rotatable bonds is 3. The van der Waals surface area contributed by atoms with Crippen LogP contribution in [0.4, 0.5) is 5.82 Å². The molecule has 0 aromatic carbocycles. The first-order valence-corrected chi connectivity index (χ1v) is 5.92. The zero-order valence-corrected chi connectivity index (χ0v) is 9.92. The van der Waals surface area contributed by atoms with E-state index in [0.717, 1.165) is 12.4 Å². The Kier molecular flexibility index (Phi) is 3.23. The van der Waals surface area contributed by atoms with Gasteiger partial charge in [-0.05, 0) is 34.5 Å². The lowest BCUT2D eigenvalue weighted by Crippen LogP contribution is -2.17. The Bertz CT molecular complexity index is 428. The molecule has 2 heterocycles. The van der Waals surface area contributed by atoms with E-state index < -0.39 is 0 Å². The molecule has 0 bridgehead atoms. The molecule has 4 heteroatoms. The Labute approximate surface area is 98.1 Å². The molecule has 0 aliphatic carbocycles. The van der Waals surface area contributed by atoms with Gasteiger partial charge in [-0.15, -0.1) is 0 Å². The summed E-state index contributed by atoms with van der Waals surface area (Å²) >= 11 is 7.76. The van der Waals surface area contributed by atoms with Gasteiger partial charge in [0.05, 0.1) is 5.02 Å². The molecule has 0 aliphatic heterocycles. The van der Waals surface area contributed by atoms with Gasteiger partial charge in [0.25, 0.3) is 0 Å². The van der Waals surface area contributed by atoms with Crippen LogP contribution in [0.3, 0.4) is 0 Å². The van der Waals surface area contributed by atoms with Crippen LogP contribution in [-0.2, 0) is 6.54 Å². The highest BCUT2D eigenvalue weighted by atomic mass is 35.5. The lowest BCUT2D eigenvalue weighted by Gasteiger charge is -2.18. The number of hydrogen-bond donors (Lipinski definition) is 0. The third kappa shape index (κ3) is 2.49. The molecule has 0 atom stereocenters. The molecule has 15 heavy (non-hydrogen) atoms. The molecule has 0 N–H and O–H groups in total. The summed E-state index contributed by atoms with van der Waals surface area (Å²) in [5, 5.41) is 4.89. The summed E-state index contributed by atoms with van der Waals surface area (Å²) in [5.74, 6) is 0.824. The minimum Gasteiger partial charge on any atom is -0.354 e. The Morgan fingerprint density at radius 3 is 3.00 bits per heavy atom. The predicted molar refractivity (Wildman–Crippen MR) is 65.7 cm³/mol. The van der Waals surface area contributed by atoms with Gasteiger partial charge in [0.1, 0.15) is 5.82 Å². The van der Waals surface area contributed by atoms with Crippen molar-refractivity contribution in [2.75, 3.05) is 11.9 Å². The van der Waals surface area contributed by atoms with E-state index in [4.69, 9.17) is 11.6 Å². The van der Waals surface area contributed by atoms with E-state index in [0.29, 0.717) is 5.02 Å². The third-order valence-corrected chi connectivity index (χ3v) is 3.13. The Hall–Kier alpha value is -1.06. The summed E-state index contributed by atoms with van der Waals surface area (Å²) in [6.07, 6.45) is 1.76. The molecule has 0 spiro atoms. The molecule has 0 saturated heterocycles. The Balaban J connectivity index is 2.15. The van der Waals surface area contributed by atoms with Crippen LogP contribution in [0.15, 0.2) is 35.2 Å². The maximum Gasteiger partial charge on any atom is 0.147 e. The maximum absolute atomic E-state index is 6.06. The lowest BCUT2D eigenvalue weighted by atomic mass is 10.3. The summed E-state index contributed by atoms with van der Waals surface area (Å²) in [4.78, 5) is 6.30. The van der Waals surface area contributed by atoms with Gasteiger partial charge in [0.2, 0.25) is 0 Å². The van der Waals surface area contributed by atoms with Crippen LogP contribution >= 0.6 is 22.9 Å². The molecule has 0 radical (unpaired) electrons. The second-order valence-electron chi connectivity index (χ2n) is 3.30. The molecule has 78 valence electrons. The minimum atomic E-state index is 0.690. The average molecular weight is 239 g/mol. The van der Waals surface area contributed by atoms with E-state index in [1.54, 1.807) is 17.5 Å². The van der Waals surface area contributed by atoms with E-state index in [2.05, 4.69) is 21.8 Å². The number of halogens is 1. The smallest absolute Gasteiger partial charge is 0.147 e. The summed E-state index contributed by atoms with van der Waals surface area (Å²) in [6, 6.07) is 5.80. The van der Waals surface area contributed by atoms with E-state index in [1.165, 1.54) is 5.56 Å². The minimum absolute atomic E-state index is 0.690. The molecular formula is C11H11ClN2S. The number of thiophene rings is 1. The van der Waals surface area contributed by atoms with Crippen LogP contribution in [0.5, 0.6) is 0 Å². The van der Waals surface area contributed by atoms with Gasteiger partial charge in [0.15, 0.2) is 0 Å². The highest BCUT2D eigenvalue weighted by Crippen LogP contribution is 2.22. The van der Waals surface area contributed by atoms with Crippen molar-refractivity contribution in [3.63, 3.8) is 0 Å².